The van der Waals surface area contributed by atoms with Gasteiger partial charge >= 0.3 is 6.09 Å². The van der Waals surface area contributed by atoms with Crippen LogP contribution < -0.4 is 10.9 Å². The number of aromatic amines is 1. The Hall–Kier alpha value is -3.20. The van der Waals surface area contributed by atoms with E-state index in [0.29, 0.717) is 18.5 Å². The highest BCUT2D eigenvalue weighted by molar-refractivity contribution is 5.67. The lowest BCUT2D eigenvalue weighted by Gasteiger charge is -2.05. The third-order valence-corrected chi connectivity index (χ3v) is 2.85. The molecule has 6 heteroatoms. The van der Waals surface area contributed by atoms with Crippen LogP contribution in [0.3, 0.4) is 0 Å². The normalized spacial score (nSPS) is 9.57. The first-order valence-corrected chi connectivity index (χ1v) is 7.00. The predicted octanol–water partition coefficient (Wildman–Crippen LogP) is 1.75. The van der Waals surface area contributed by atoms with Gasteiger partial charge in [-0.05, 0) is 5.56 Å². The second-order valence-corrected chi connectivity index (χ2v) is 4.64. The van der Waals surface area contributed by atoms with Crippen LogP contribution in [0, 0.1) is 11.8 Å². The zero-order valence-corrected chi connectivity index (χ0v) is 12.3. The Labute approximate surface area is 133 Å². The van der Waals surface area contributed by atoms with E-state index in [-0.39, 0.29) is 12.4 Å². The summed E-state index contributed by atoms with van der Waals surface area (Å²) in [5, 5.41) is 11.8. The number of aromatic hydroxyl groups is 1. The molecule has 0 saturated carbocycles. The number of hydrogen-bond acceptors (Lipinski definition) is 4. The van der Waals surface area contributed by atoms with Gasteiger partial charge in [0.05, 0.1) is 0 Å². The second-order valence-electron chi connectivity index (χ2n) is 4.64. The lowest BCUT2D eigenvalue weighted by molar-refractivity contribution is 0.140. The summed E-state index contributed by atoms with van der Waals surface area (Å²) in [6.07, 6.45) is 1.33. The van der Waals surface area contributed by atoms with Crippen LogP contribution in [0.25, 0.3) is 0 Å². The Balaban J connectivity index is 1.69. The average Bonchev–Trinajstić information content (AvgIpc) is 2.57. The number of alkyl carbamates (subject to hydrolysis) is 1. The number of benzene rings is 1. The third-order valence-electron chi connectivity index (χ3n) is 2.85. The third kappa shape index (κ3) is 5.59. The molecule has 118 valence electrons. The number of pyridine rings is 1. The van der Waals surface area contributed by atoms with Gasteiger partial charge in [0.1, 0.15) is 6.61 Å². The summed E-state index contributed by atoms with van der Waals surface area (Å²) in [7, 11) is 0. The SMILES string of the molecule is O=C(NCCC#Cc1c[nH]c(=O)c(O)c1)OCc1ccccc1. The zero-order valence-electron chi connectivity index (χ0n) is 12.3. The monoisotopic (exact) mass is 312 g/mol. The number of ether oxygens (including phenoxy) is 1. The molecule has 0 fully saturated rings. The summed E-state index contributed by atoms with van der Waals surface area (Å²) < 4.78 is 5.05. The van der Waals surface area contributed by atoms with Crippen molar-refractivity contribution in [1.82, 2.24) is 10.3 Å². The van der Waals surface area contributed by atoms with Gasteiger partial charge in [-0.3, -0.25) is 4.79 Å². The van der Waals surface area contributed by atoms with Crippen LogP contribution >= 0.6 is 0 Å². The number of amides is 1. The van der Waals surface area contributed by atoms with Gasteiger partial charge in [-0.2, -0.15) is 0 Å². The van der Waals surface area contributed by atoms with Crippen LogP contribution in [0.15, 0.2) is 47.4 Å². The highest BCUT2D eigenvalue weighted by Gasteiger charge is 2.00. The van der Waals surface area contributed by atoms with Crippen molar-refractivity contribution >= 4 is 6.09 Å². The van der Waals surface area contributed by atoms with Crippen LogP contribution in [0.2, 0.25) is 0 Å². The molecule has 0 aliphatic carbocycles. The zero-order chi connectivity index (χ0) is 16.5. The topological polar surface area (TPSA) is 91.4 Å². The van der Waals surface area contributed by atoms with Crippen molar-refractivity contribution < 1.29 is 14.6 Å². The van der Waals surface area contributed by atoms with Crippen LogP contribution in [0.5, 0.6) is 5.75 Å². The summed E-state index contributed by atoms with van der Waals surface area (Å²) >= 11 is 0. The predicted molar refractivity (Wildman–Crippen MR) is 84.9 cm³/mol. The van der Waals surface area contributed by atoms with Crippen molar-refractivity contribution in [2.75, 3.05) is 6.54 Å². The fourth-order valence-corrected chi connectivity index (χ4v) is 1.71. The smallest absolute Gasteiger partial charge is 0.407 e. The van der Waals surface area contributed by atoms with Crippen LogP contribution in [0.1, 0.15) is 17.5 Å². The highest BCUT2D eigenvalue weighted by atomic mass is 16.5. The van der Waals surface area contributed by atoms with Crippen LogP contribution in [-0.4, -0.2) is 22.7 Å². The number of H-pyrrole nitrogens is 1. The Morgan fingerprint density at radius 3 is 2.83 bits per heavy atom. The van der Waals surface area contributed by atoms with Crippen molar-refractivity contribution in [3.05, 3.63) is 64.1 Å². The van der Waals surface area contributed by atoms with Crippen molar-refractivity contribution in [1.29, 1.82) is 0 Å². The van der Waals surface area contributed by atoms with Gasteiger partial charge in [0.25, 0.3) is 5.56 Å². The first kappa shape index (κ1) is 16.2. The minimum Gasteiger partial charge on any atom is -0.503 e. The van der Waals surface area contributed by atoms with Gasteiger partial charge < -0.3 is 20.1 Å². The summed E-state index contributed by atoms with van der Waals surface area (Å²) in [6, 6.07) is 10.7. The molecule has 0 atom stereocenters. The van der Waals surface area contributed by atoms with Gasteiger partial charge in [0.15, 0.2) is 5.75 Å². The number of rotatable bonds is 4. The summed E-state index contributed by atoms with van der Waals surface area (Å²) in [5.41, 5.74) is 0.854. The van der Waals surface area contributed by atoms with Crippen molar-refractivity contribution in [2.24, 2.45) is 0 Å². The van der Waals surface area contributed by atoms with E-state index >= 15 is 0 Å². The molecule has 1 aromatic heterocycles. The Morgan fingerprint density at radius 2 is 2.09 bits per heavy atom. The van der Waals surface area contributed by atoms with E-state index in [9.17, 15) is 14.7 Å². The molecule has 0 aliphatic heterocycles. The number of aromatic nitrogens is 1. The molecule has 0 aliphatic rings. The number of nitrogens with one attached hydrogen (secondary N) is 2. The van der Waals surface area contributed by atoms with E-state index in [1.165, 1.54) is 12.3 Å². The largest absolute Gasteiger partial charge is 0.503 e. The molecule has 3 N–H and O–H groups in total. The molecule has 0 unspecified atom stereocenters. The van der Waals surface area contributed by atoms with Crippen LogP contribution in [-0.2, 0) is 11.3 Å². The van der Waals surface area contributed by atoms with Gasteiger partial charge in [-0.15, -0.1) is 0 Å². The molecule has 1 aromatic carbocycles. The standard InChI is InChI=1S/C17H16N2O4/c20-15-10-14(11-19-16(15)21)8-4-5-9-18-17(22)23-12-13-6-2-1-3-7-13/h1-3,6-7,10-11,20H,5,9,12H2,(H,18,22)(H,19,21). The molecule has 23 heavy (non-hydrogen) atoms. The summed E-state index contributed by atoms with van der Waals surface area (Å²) in [4.78, 5) is 24.8. The Kier molecular flexibility index (Phi) is 5.83. The van der Waals surface area contributed by atoms with E-state index in [1.807, 2.05) is 30.3 Å². The molecule has 1 heterocycles. The van der Waals surface area contributed by atoms with Gasteiger partial charge in [0, 0.05) is 30.8 Å². The van der Waals surface area contributed by atoms with Gasteiger partial charge in [-0.25, -0.2) is 4.79 Å². The van der Waals surface area contributed by atoms with E-state index in [2.05, 4.69) is 22.1 Å². The molecule has 1 amide bonds. The maximum Gasteiger partial charge on any atom is 0.407 e. The lowest BCUT2D eigenvalue weighted by atomic mass is 10.2. The van der Waals surface area contributed by atoms with Crippen molar-refractivity contribution in [3.8, 4) is 17.6 Å². The average molecular weight is 312 g/mol. The van der Waals surface area contributed by atoms with E-state index < -0.39 is 11.7 Å². The fourth-order valence-electron chi connectivity index (χ4n) is 1.71. The van der Waals surface area contributed by atoms with E-state index in [4.69, 9.17) is 4.74 Å². The Morgan fingerprint density at radius 1 is 1.30 bits per heavy atom. The molecule has 0 spiro atoms. The highest BCUT2D eigenvalue weighted by Crippen LogP contribution is 2.02. The number of hydrogen-bond donors (Lipinski definition) is 3. The Bertz CT molecular complexity index is 772. The maximum atomic E-state index is 11.5. The van der Waals surface area contributed by atoms with E-state index in [1.54, 1.807) is 0 Å². The molecule has 2 rings (SSSR count). The number of carbonyl (C=O) groups is 1. The minimum atomic E-state index is -0.557. The molecule has 0 bridgehead atoms. The summed E-state index contributed by atoms with van der Waals surface area (Å²) in [6.45, 7) is 0.560. The molecular weight excluding hydrogens is 296 g/mol. The van der Waals surface area contributed by atoms with Crippen molar-refractivity contribution in [2.45, 2.75) is 13.0 Å². The maximum absolute atomic E-state index is 11.5. The first-order chi connectivity index (χ1) is 11.1. The molecule has 6 nitrogen and oxygen atoms in total. The molecular formula is C17H16N2O4. The molecule has 0 saturated heterocycles. The minimum absolute atomic E-state index is 0.217. The van der Waals surface area contributed by atoms with E-state index in [0.717, 1.165) is 5.56 Å². The molecule has 2 aromatic rings. The van der Waals surface area contributed by atoms with Gasteiger partial charge in [-0.1, -0.05) is 42.2 Å². The lowest BCUT2D eigenvalue weighted by Crippen LogP contribution is -2.24. The fraction of sp³-hybridized carbons (Fsp3) is 0.176. The van der Waals surface area contributed by atoms with Crippen molar-refractivity contribution in [3.63, 3.8) is 0 Å². The second kappa shape index (κ2) is 8.29. The van der Waals surface area contributed by atoms with Gasteiger partial charge in [0.2, 0.25) is 0 Å². The molecule has 0 radical (unpaired) electrons. The van der Waals surface area contributed by atoms with Crippen LogP contribution in [0.4, 0.5) is 4.79 Å². The summed E-state index contributed by atoms with van der Waals surface area (Å²) in [5.74, 6) is 5.22. The quantitative estimate of drug-likeness (QED) is 0.592. The first-order valence-electron chi connectivity index (χ1n) is 7.00. The number of carbonyl (C=O) groups excluding carboxylic acids is 1.